The van der Waals surface area contributed by atoms with E-state index in [4.69, 9.17) is 27.9 Å². The van der Waals surface area contributed by atoms with Gasteiger partial charge in [-0.05, 0) is 55.0 Å². The first kappa shape index (κ1) is 20.6. The molecule has 0 heterocycles. The lowest BCUT2D eigenvalue weighted by Crippen LogP contribution is -2.17. The highest BCUT2D eigenvalue weighted by Gasteiger charge is 2.13. The second kappa shape index (κ2) is 9.37. The van der Waals surface area contributed by atoms with Crippen LogP contribution in [0.1, 0.15) is 31.8 Å². The topological polar surface area (TPSA) is 67.8 Å². The van der Waals surface area contributed by atoms with Gasteiger partial charge in [0.2, 0.25) is 0 Å². The molecule has 0 spiro atoms. The Morgan fingerprint density at radius 2 is 1.79 bits per heavy atom. The fourth-order valence-electron chi connectivity index (χ4n) is 2.49. The third-order valence-electron chi connectivity index (χ3n) is 3.88. The molecule has 0 saturated carbocycles. The normalized spacial score (nSPS) is 10.7. The lowest BCUT2D eigenvalue weighted by molar-refractivity contribution is 0.0734. The Morgan fingerprint density at radius 1 is 1.00 bits per heavy atom. The highest BCUT2D eigenvalue weighted by Crippen LogP contribution is 2.23. The van der Waals surface area contributed by atoms with Crippen LogP contribution in [0.15, 0.2) is 71.8 Å². The summed E-state index contributed by atoms with van der Waals surface area (Å²) in [4.78, 5) is 24.4. The minimum absolute atomic E-state index is 0.207. The van der Waals surface area contributed by atoms with Gasteiger partial charge < -0.3 is 4.74 Å². The van der Waals surface area contributed by atoms with E-state index in [1.807, 2.05) is 13.0 Å². The molecule has 0 fully saturated rings. The number of nitrogens with one attached hydrogen (secondary N) is 1. The average molecular weight is 427 g/mol. The van der Waals surface area contributed by atoms with Gasteiger partial charge in [0, 0.05) is 10.6 Å². The van der Waals surface area contributed by atoms with Crippen LogP contribution >= 0.6 is 23.2 Å². The van der Waals surface area contributed by atoms with Gasteiger partial charge in [0.05, 0.1) is 16.8 Å². The number of hydrogen-bond acceptors (Lipinski definition) is 4. The number of benzene rings is 3. The SMILES string of the molecule is Cc1cccc(C(=O)N/N=C\c2cccc(OC(=O)c3ccc(Cl)cc3Cl)c2)c1. The average Bonchev–Trinajstić information content (AvgIpc) is 2.68. The Morgan fingerprint density at radius 3 is 2.55 bits per heavy atom. The molecule has 0 aliphatic rings. The number of esters is 1. The van der Waals surface area contributed by atoms with E-state index in [0.717, 1.165) is 5.56 Å². The number of hydrazone groups is 1. The van der Waals surface area contributed by atoms with Gasteiger partial charge in [0.25, 0.3) is 5.91 Å². The molecule has 0 aliphatic carbocycles. The molecule has 7 heteroatoms. The Balaban J connectivity index is 1.65. The quantitative estimate of drug-likeness (QED) is 0.261. The maximum atomic E-state index is 12.3. The molecule has 3 rings (SSSR count). The summed E-state index contributed by atoms with van der Waals surface area (Å²) in [7, 11) is 0. The number of carbonyl (C=O) groups excluding carboxylic acids is 2. The number of ether oxygens (including phenoxy) is 1. The van der Waals surface area contributed by atoms with Crippen LogP contribution in [0.25, 0.3) is 0 Å². The number of nitrogens with zero attached hydrogens (tertiary/aromatic N) is 1. The second-order valence-electron chi connectivity index (χ2n) is 6.15. The van der Waals surface area contributed by atoms with E-state index in [9.17, 15) is 9.59 Å². The molecule has 146 valence electrons. The van der Waals surface area contributed by atoms with Crippen molar-refractivity contribution in [2.75, 3.05) is 0 Å². The largest absolute Gasteiger partial charge is 0.423 e. The van der Waals surface area contributed by atoms with Crippen molar-refractivity contribution in [3.8, 4) is 5.75 Å². The predicted molar refractivity (Wildman–Crippen MR) is 114 cm³/mol. The molecular weight excluding hydrogens is 411 g/mol. The van der Waals surface area contributed by atoms with E-state index in [2.05, 4.69) is 10.5 Å². The highest BCUT2D eigenvalue weighted by molar-refractivity contribution is 6.36. The smallest absolute Gasteiger partial charge is 0.345 e. The Bertz CT molecular complexity index is 1100. The van der Waals surface area contributed by atoms with Crippen molar-refractivity contribution in [1.29, 1.82) is 0 Å². The summed E-state index contributed by atoms with van der Waals surface area (Å²) >= 11 is 11.9. The first-order valence-corrected chi connectivity index (χ1v) is 9.35. The fraction of sp³-hybridized carbons (Fsp3) is 0.0455. The lowest BCUT2D eigenvalue weighted by atomic mass is 10.1. The molecule has 0 unspecified atom stereocenters. The summed E-state index contributed by atoms with van der Waals surface area (Å²) in [6, 6.07) is 18.4. The number of rotatable bonds is 5. The van der Waals surface area contributed by atoms with Crippen LogP contribution in [0, 0.1) is 6.92 Å². The van der Waals surface area contributed by atoms with Crippen molar-refractivity contribution in [3.63, 3.8) is 0 Å². The molecule has 0 bridgehead atoms. The van der Waals surface area contributed by atoms with Gasteiger partial charge in [0.15, 0.2) is 0 Å². The van der Waals surface area contributed by atoms with Gasteiger partial charge in [-0.3, -0.25) is 4.79 Å². The third-order valence-corrected chi connectivity index (χ3v) is 4.43. The standard InChI is InChI=1S/C22H16Cl2N2O3/c1-14-4-2-6-16(10-14)21(27)26-25-13-15-5-3-7-18(11-15)29-22(28)19-9-8-17(23)12-20(19)24/h2-13H,1H3,(H,26,27)/b25-13-. The molecule has 0 aromatic heterocycles. The van der Waals surface area contributed by atoms with E-state index >= 15 is 0 Å². The summed E-state index contributed by atoms with van der Waals surface area (Å²) < 4.78 is 5.36. The molecule has 1 amide bonds. The van der Waals surface area contributed by atoms with Crippen LogP contribution in [0.5, 0.6) is 5.75 Å². The molecule has 0 aliphatic heterocycles. The van der Waals surface area contributed by atoms with Crippen molar-refractivity contribution in [2.24, 2.45) is 5.10 Å². The molecule has 5 nitrogen and oxygen atoms in total. The van der Waals surface area contributed by atoms with E-state index in [1.165, 1.54) is 18.3 Å². The van der Waals surface area contributed by atoms with Crippen LogP contribution in [-0.4, -0.2) is 18.1 Å². The summed E-state index contributed by atoms with van der Waals surface area (Å²) in [5.41, 5.74) is 4.82. The maximum absolute atomic E-state index is 12.3. The molecule has 0 saturated heterocycles. The summed E-state index contributed by atoms with van der Waals surface area (Å²) in [5, 5.41) is 4.58. The van der Waals surface area contributed by atoms with E-state index in [0.29, 0.717) is 21.9 Å². The van der Waals surface area contributed by atoms with Gasteiger partial charge in [-0.15, -0.1) is 0 Å². The zero-order valence-electron chi connectivity index (χ0n) is 15.4. The Hall–Kier alpha value is -3.15. The molecule has 3 aromatic carbocycles. The lowest BCUT2D eigenvalue weighted by Gasteiger charge is -2.07. The summed E-state index contributed by atoms with van der Waals surface area (Å²) in [5.74, 6) is -0.603. The molecule has 3 aromatic rings. The van der Waals surface area contributed by atoms with Crippen LogP contribution in [0.3, 0.4) is 0 Å². The van der Waals surface area contributed by atoms with Gasteiger partial charge in [-0.2, -0.15) is 5.10 Å². The van der Waals surface area contributed by atoms with Gasteiger partial charge in [-0.25, -0.2) is 10.2 Å². The zero-order valence-corrected chi connectivity index (χ0v) is 16.9. The first-order chi connectivity index (χ1) is 13.9. The van der Waals surface area contributed by atoms with Crippen molar-refractivity contribution >= 4 is 41.3 Å². The third kappa shape index (κ3) is 5.67. The summed E-state index contributed by atoms with van der Waals surface area (Å²) in [6.07, 6.45) is 1.46. The van der Waals surface area contributed by atoms with Gasteiger partial charge in [0.1, 0.15) is 5.75 Å². The minimum Gasteiger partial charge on any atom is -0.423 e. The van der Waals surface area contributed by atoms with Crippen molar-refractivity contribution in [3.05, 3.63) is 99.0 Å². The Labute approximate surface area is 177 Å². The second-order valence-corrected chi connectivity index (χ2v) is 7.00. The Kier molecular flexibility index (Phi) is 6.65. The predicted octanol–water partition coefficient (Wildman–Crippen LogP) is 5.28. The first-order valence-electron chi connectivity index (χ1n) is 8.60. The number of hydrogen-bond donors (Lipinski definition) is 1. The van der Waals surface area contributed by atoms with E-state index < -0.39 is 5.97 Å². The van der Waals surface area contributed by atoms with Crippen LogP contribution in [0.4, 0.5) is 0 Å². The molecular formula is C22H16Cl2N2O3. The monoisotopic (exact) mass is 426 g/mol. The fourth-order valence-corrected chi connectivity index (χ4v) is 2.98. The van der Waals surface area contributed by atoms with Crippen molar-refractivity contribution < 1.29 is 14.3 Å². The van der Waals surface area contributed by atoms with Gasteiger partial charge >= 0.3 is 5.97 Å². The maximum Gasteiger partial charge on any atom is 0.345 e. The van der Waals surface area contributed by atoms with Crippen LogP contribution in [-0.2, 0) is 0 Å². The minimum atomic E-state index is -0.603. The number of amides is 1. The highest BCUT2D eigenvalue weighted by atomic mass is 35.5. The van der Waals surface area contributed by atoms with Gasteiger partial charge in [-0.1, -0.05) is 53.0 Å². The van der Waals surface area contributed by atoms with Crippen molar-refractivity contribution in [2.45, 2.75) is 6.92 Å². The van der Waals surface area contributed by atoms with Crippen molar-refractivity contribution in [1.82, 2.24) is 5.43 Å². The molecule has 0 radical (unpaired) electrons. The van der Waals surface area contributed by atoms with Crippen LogP contribution in [0.2, 0.25) is 10.0 Å². The number of carbonyl (C=O) groups is 2. The van der Waals surface area contributed by atoms with E-state index in [1.54, 1.807) is 48.5 Å². The summed E-state index contributed by atoms with van der Waals surface area (Å²) in [6.45, 7) is 1.91. The molecule has 29 heavy (non-hydrogen) atoms. The molecule has 0 atom stereocenters. The van der Waals surface area contributed by atoms with E-state index in [-0.39, 0.29) is 16.5 Å². The number of aryl methyl sites for hydroxylation is 1. The molecule has 1 N–H and O–H groups in total. The number of halogens is 2. The van der Waals surface area contributed by atoms with Crippen LogP contribution < -0.4 is 10.2 Å². The zero-order chi connectivity index (χ0) is 20.8.